The van der Waals surface area contributed by atoms with Crippen molar-refractivity contribution in [2.45, 2.75) is 17.9 Å². The van der Waals surface area contributed by atoms with Crippen LogP contribution < -0.4 is 10.0 Å². The number of hydrogen-bond acceptors (Lipinski definition) is 4. The highest BCUT2D eigenvalue weighted by atomic mass is 79.9. The lowest BCUT2D eigenvalue weighted by atomic mass is 10.2. The quantitative estimate of drug-likeness (QED) is 0.686. The number of ether oxygens (including phenoxy) is 1. The number of carbonyl (C=O) groups is 1. The molecule has 0 aliphatic rings. The molecule has 2 N–H and O–H groups in total. The third-order valence-electron chi connectivity index (χ3n) is 3.37. The zero-order chi connectivity index (χ0) is 19.3. The molecule has 0 saturated carbocycles. The van der Waals surface area contributed by atoms with Crippen molar-refractivity contribution in [2.24, 2.45) is 0 Å². The van der Waals surface area contributed by atoms with E-state index in [4.69, 9.17) is 4.74 Å². The summed E-state index contributed by atoms with van der Waals surface area (Å²) in [5.41, 5.74) is 0.674. The zero-order valence-electron chi connectivity index (χ0n) is 14.1. The van der Waals surface area contributed by atoms with Crippen molar-refractivity contribution in [3.05, 3.63) is 58.3 Å². The molecule has 0 aliphatic carbocycles. The van der Waals surface area contributed by atoms with E-state index in [0.717, 1.165) is 0 Å². The fourth-order valence-corrected chi connectivity index (χ4v) is 3.97. The number of hydrogen-bond donors (Lipinski definition) is 2. The number of halogens is 2. The molecule has 0 aromatic heterocycles. The number of carbonyl (C=O) groups excluding carboxylic acids is 1. The average Bonchev–Trinajstić information content (AvgIpc) is 2.54. The second-order valence-electron chi connectivity index (χ2n) is 5.58. The number of amides is 1. The van der Waals surface area contributed by atoms with Gasteiger partial charge in [0.25, 0.3) is 5.91 Å². The van der Waals surface area contributed by atoms with E-state index in [1.807, 2.05) is 0 Å². The Morgan fingerprint density at radius 3 is 2.46 bits per heavy atom. The molecule has 6 nitrogen and oxygen atoms in total. The number of benzene rings is 2. The maximum absolute atomic E-state index is 13.1. The summed E-state index contributed by atoms with van der Waals surface area (Å²) in [4.78, 5) is 12.3. The van der Waals surface area contributed by atoms with Gasteiger partial charge in [-0.05, 0) is 65.3 Å². The van der Waals surface area contributed by atoms with Gasteiger partial charge in [0.1, 0.15) is 5.82 Å². The molecule has 2 aromatic carbocycles. The van der Waals surface area contributed by atoms with Gasteiger partial charge in [-0.3, -0.25) is 4.79 Å². The fourth-order valence-electron chi connectivity index (χ4n) is 2.21. The minimum absolute atomic E-state index is 0.0708. The smallest absolute Gasteiger partial charge is 0.256 e. The van der Waals surface area contributed by atoms with Crippen LogP contribution in [0.4, 0.5) is 10.1 Å². The van der Waals surface area contributed by atoms with E-state index in [0.29, 0.717) is 10.2 Å². The number of anilines is 1. The van der Waals surface area contributed by atoms with Gasteiger partial charge in [0.05, 0.1) is 17.1 Å². The largest absolute Gasteiger partial charge is 0.383 e. The van der Waals surface area contributed by atoms with Crippen molar-refractivity contribution in [3.8, 4) is 0 Å². The Morgan fingerprint density at radius 2 is 1.88 bits per heavy atom. The van der Waals surface area contributed by atoms with Gasteiger partial charge in [0.2, 0.25) is 10.0 Å². The average molecular weight is 445 g/mol. The summed E-state index contributed by atoms with van der Waals surface area (Å²) in [6.07, 6.45) is 0. The molecule has 1 amide bonds. The van der Waals surface area contributed by atoms with Crippen LogP contribution >= 0.6 is 15.9 Å². The molecule has 1 atom stereocenters. The predicted octanol–water partition coefficient (Wildman–Crippen LogP) is 3.15. The summed E-state index contributed by atoms with van der Waals surface area (Å²) in [6, 6.07) is 9.08. The lowest BCUT2D eigenvalue weighted by Gasteiger charge is -2.13. The SMILES string of the molecule is COCC(C)NS(=O)(=O)c1ccc(NC(=O)c2ccc(F)cc2Br)cc1. The first-order valence-electron chi connectivity index (χ1n) is 7.60. The molecular weight excluding hydrogens is 427 g/mol. The summed E-state index contributed by atoms with van der Waals surface area (Å²) in [7, 11) is -2.19. The Kier molecular flexibility index (Phi) is 6.87. The zero-order valence-corrected chi connectivity index (χ0v) is 16.5. The van der Waals surface area contributed by atoms with Crippen molar-refractivity contribution in [1.82, 2.24) is 4.72 Å². The molecule has 1 unspecified atom stereocenters. The molecule has 0 bridgehead atoms. The van der Waals surface area contributed by atoms with Gasteiger partial charge in [0.15, 0.2) is 0 Å². The van der Waals surface area contributed by atoms with Crippen molar-refractivity contribution < 1.29 is 22.3 Å². The maximum Gasteiger partial charge on any atom is 0.256 e. The third-order valence-corrected chi connectivity index (χ3v) is 5.63. The normalized spacial score (nSPS) is 12.6. The lowest BCUT2D eigenvalue weighted by molar-refractivity contribution is 0.102. The molecule has 0 saturated heterocycles. The van der Waals surface area contributed by atoms with Crippen LogP contribution in [-0.2, 0) is 14.8 Å². The van der Waals surface area contributed by atoms with E-state index in [1.54, 1.807) is 6.92 Å². The Hall–Kier alpha value is -1.81. The summed E-state index contributed by atoms with van der Waals surface area (Å²) >= 11 is 3.14. The van der Waals surface area contributed by atoms with Crippen molar-refractivity contribution in [2.75, 3.05) is 19.0 Å². The summed E-state index contributed by atoms with van der Waals surface area (Å²) < 4.78 is 45.3. The number of nitrogens with one attached hydrogen (secondary N) is 2. The first-order valence-corrected chi connectivity index (χ1v) is 9.88. The summed E-state index contributed by atoms with van der Waals surface area (Å²) in [6.45, 7) is 1.94. The highest BCUT2D eigenvalue weighted by Crippen LogP contribution is 2.20. The van der Waals surface area contributed by atoms with Crippen molar-refractivity contribution >= 4 is 37.5 Å². The van der Waals surface area contributed by atoms with E-state index in [1.165, 1.54) is 49.6 Å². The second-order valence-corrected chi connectivity index (χ2v) is 8.15. The van der Waals surface area contributed by atoms with Crippen LogP contribution in [0.1, 0.15) is 17.3 Å². The highest BCUT2D eigenvalue weighted by Gasteiger charge is 2.17. The van der Waals surface area contributed by atoms with Gasteiger partial charge in [-0.25, -0.2) is 17.5 Å². The van der Waals surface area contributed by atoms with Crippen LogP contribution in [0.2, 0.25) is 0 Å². The van der Waals surface area contributed by atoms with Crippen molar-refractivity contribution in [1.29, 1.82) is 0 Å². The number of methoxy groups -OCH3 is 1. The first kappa shape index (κ1) is 20.5. The van der Waals surface area contributed by atoms with Gasteiger partial charge in [0, 0.05) is 23.3 Å². The molecule has 140 valence electrons. The molecule has 2 aromatic rings. The van der Waals surface area contributed by atoms with Crippen LogP contribution in [0.25, 0.3) is 0 Å². The topological polar surface area (TPSA) is 84.5 Å². The second kappa shape index (κ2) is 8.72. The molecule has 26 heavy (non-hydrogen) atoms. The fraction of sp³-hybridized carbons (Fsp3) is 0.235. The predicted molar refractivity (Wildman–Crippen MR) is 100 cm³/mol. The molecule has 9 heteroatoms. The van der Waals surface area contributed by atoms with E-state index < -0.39 is 21.7 Å². The lowest BCUT2D eigenvalue weighted by Crippen LogP contribution is -2.35. The molecule has 0 heterocycles. The molecule has 0 spiro atoms. The minimum Gasteiger partial charge on any atom is -0.383 e. The molecule has 0 aliphatic heterocycles. The minimum atomic E-state index is -3.68. The number of sulfonamides is 1. The van der Waals surface area contributed by atoms with Crippen molar-refractivity contribution in [3.63, 3.8) is 0 Å². The van der Waals surface area contributed by atoms with Crippen LogP contribution in [0, 0.1) is 5.82 Å². The summed E-state index contributed by atoms with van der Waals surface area (Å²) in [5.74, 6) is -0.905. The van der Waals surface area contributed by atoms with E-state index in [2.05, 4.69) is 26.0 Å². The Balaban J connectivity index is 2.10. The Bertz CT molecular complexity index is 888. The first-order chi connectivity index (χ1) is 12.2. The summed E-state index contributed by atoms with van der Waals surface area (Å²) in [5, 5.41) is 2.63. The molecular formula is C17H18BrFN2O4S. The third kappa shape index (κ3) is 5.34. The maximum atomic E-state index is 13.1. The van der Waals surface area contributed by atoms with E-state index in [9.17, 15) is 17.6 Å². The van der Waals surface area contributed by atoms with E-state index >= 15 is 0 Å². The van der Waals surface area contributed by atoms with E-state index in [-0.39, 0.29) is 23.1 Å². The van der Waals surface area contributed by atoms with Gasteiger partial charge < -0.3 is 10.1 Å². The number of rotatable bonds is 7. The highest BCUT2D eigenvalue weighted by molar-refractivity contribution is 9.10. The van der Waals surface area contributed by atoms with Crippen LogP contribution in [-0.4, -0.2) is 34.1 Å². The van der Waals surface area contributed by atoms with Crippen LogP contribution in [0.15, 0.2) is 51.8 Å². The molecule has 2 rings (SSSR count). The standard InChI is InChI=1S/C17H18BrFN2O4S/c1-11(10-25-2)21-26(23,24)14-6-4-13(5-7-14)20-17(22)15-8-3-12(19)9-16(15)18/h3-9,11,21H,10H2,1-2H3,(H,20,22). The van der Waals surface area contributed by atoms with Crippen LogP contribution in [0.3, 0.4) is 0 Å². The van der Waals surface area contributed by atoms with Gasteiger partial charge in [-0.15, -0.1) is 0 Å². The molecule has 0 fully saturated rings. The van der Waals surface area contributed by atoms with Gasteiger partial charge in [-0.1, -0.05) is 0 Å². The van der Waals surface area contributed by atoms with Crippen LogP contribution in [0.5, 0.6) is 0 Å². The van der Waals surface area contributed by atoms with Gasteiger partial charge >= 0.3 is 0 Å². The van der Waals surface area contributed by atoms with Gasteiger partial charge in [-0.2, -0.15) is 0 Å². The monoisotopic (exact) mass is 444 g/mol. The Morgan fingerprint density at radius 1 is 1.23 bits per heavy atom. The molecule has 0 radical (unpaired) electrons. The Labute approximate surface area is 159 Å².